The third-order valence-electron chi connectivity index (χ3n) is 3.74. The van der Waals surface area contributed by atoms with Crippen LogP contribution in [0.5, 0.6) is 0 Å². The number of rotatable bonds is 2. The number of nitrogens with zero attached hydrogens (tertiary/aromatic N) is 3. The van der Waals surface area contributed by atoms with Crippen LogP contribution < -0.4 is 0 Å². The summed E-state index contributed by atoms with van der Waals surface area (Å²) in [6.07, 6.45) is 3.99. The Morgan fingerprint density at radius 3 is 2.71 bits per heavy atom. The van der Waals surface area contributed by atoms with Crippen LogP contribution in [0.25, 0.3) is 23.1 Å². The highest BCUT2D eigenvalue weighted by Crippen LogP contribution is 2.17. The van der Waals surface area contributed by atoms with Gasteiger partial charge in [0.15, 0.2) is 0 Å². The van der Waals surface area contributed by atoms with Gasteiger partial charge in [0, 0.05) is 18.1 Å². The lowest BCUT2D eigenvalue weighted by atomic mass is 10.1. The summed E-state index contributed by atoms with van der Waals surface area (Å²) in [6.45, 7) is 2.01. The molecule has 0 fully saturated rings. The first-order chi connectivity index (χ1) is 10.2. The van der Waals surface area contributed by atoms with E-state index in [-0.39, 0.29) is 0 Å². The lowest BCUT2D eigenvalue weighted by molar-refractivity contribution is 0.865. The van der Waals surface area contributed by atoms with Crippen molar-refractivity contribution < 1.29 is 0 Å². The van der Waals surface area contributed by atoms with Gasteiger partial charge in [0.25, 0.3) is 0 Å². The number of para-hydroxylation sites is 1. The molecule has 0 amide bonds. The molecule has 0 radical (unpaired) electrons. The molecule has 3 heteroatoms. The molecular weight excluding hydrogens is 258 g/mol. The summed E-state index contributed by atoms with van der Waals surface area (Å²) in [6, 6.07) is 16.2. The third kappa shape index (κ3) is 2.44. The second kappa shape index (κ2) is 5.26. The number of aromatic nitrogens is 2. The van der Waals surface area contributed by atoms with Crippen molar-refractivity contribution in [2.24, 2.45) is 7.05 Å². The van der Waals surface area contributed by atoms with Crippen LogP contribution in [-0.4, -0.2) is 9.55 Å². The quantitative estimate of drug-likeness (QED) is 0.710. The molecule has 0 unspecified atom stereocenters. The molecule has 0 saturated carbocycles. The zero-order valence-electron chi connectivity index (χ0n) is 12.0. The molecule has 0 aliphatic heterocycles. The van der Waals surface area contributed by atoms with E-state index < -0.39 is 0 Å². The van der Waals surface area contributed by atoms with E-state index in [1.807, 2.05) is 61.0 Å². The minimum absolute atomic E-state index is 0.665. The number of pyridine rings is 1. The number of benzene rings is 1. The molecule has 0 aliphatic carbocycles. The van der Waals surface area contributed by atoms with Gasteiger partial charge in [0.05, 0.1) is 11.2 Å². The third-order valence-corrected chi connectivity index (χ3v) is 3.74. The van der Waals surface area contributed by atoms with Crippen molar-refractivity contribution in [3.05, 3.63) is 65.1 Å². The summed E-state index contributed by atoms with van der Waals surface area (Å²) >= 11 is 0. The zero-order chi connectivity index (χ0) is 14.8. The molecular formula is C18H15N3. The maximum absolute atomic E-state index is 9.05. The summed E-state index contributed by atoms with van der Waals surface area (Å²) in [5, 5.41) is 10.2. The zero-order valence-corrected chi connectivity index (χ0v) is 12.0. The van der Waals surface area contributed by atoms with Crippen molar-refractivity contribution in [2.75, 3.05) is 0 Å². The van der Waals surface area contributed by atoms with Crippen LogP contribution in [0.3, 0.4) is 0 Å². The smallest absolute Gasteiger partial charge is 0.120 e. The summed E-state index contributed by atoms with van der Waals surface area (Å²) in [5.41, 5.74) is 4.68. The maximum Gasteiger partial charge on any atom is 0.120 e. The van der Waals surface area contributed by atoms with Gasteiger partial charge in [-0.15, -0.1) is 0 Å². The van der Waals surface area contributed by atoms with Crippen LogP contribution in [-0.2, 0) is 7.05 Å². The van der Waals surface area contributed by atoms with Gasteiger partial charge in [-0.2, -0.15) is 5.26 Å². The second-order valence-electron chi connectivity index (χ2n) is 5.00. The second-order valence-corrected chi connectivity index (χ2v) is 5.00. The fraction of sp³-hybridized carbons (Fsp3) is 0.111. The Hall–Kier alpha value is -2.86. The Balaban J connectivity index is 1.96. The minimum Gasteiger partial charge on any atom is -0.339 e. The molecule has 3 rings (SSSR count). The molecule has 1 aromatic carbocycles. The number of hydrogen-bond donors (Lipinski definition) is 0. The van der Waals surface area contributed by atoms with Gasteiger partial charge in [-0.05, 0) is 36.8 Å². The van der Waals surface area contributed by atoms with Gasteiger partial charge in [0.2, 0.25) is 0 Å². The van der Waals surface area contributed by atoms with Crippen LogP contribution in [0, 0.1) is 18.3 Å². The Kier molecular flexibility index (Phi) is 3.29. The standard InChI is InChI=1S/C18H15N3/c1-13-15(11-17(12-19)21(13)2)8-10-16-9-7-14-5-3-4-6-18(14)20-16/h3-11H,1-2H3/b10-8+. The highest BCUT2D eigenvalue weighted by atomic mass is 14.9. The maximum atomic E-state index is 9.05. The van der Waals surface area contributed by atoms with Gasteiger partial charge < -0.3 is 4.57 Å². The van der Waals surface area contributed by atoms with E-state index in [2.05, 4.69) is 23.2 Å². The molecule has 2 aromatic heterocycles. The Bertz CT molecular complexity index is 879. The van der Waals surface area contributed by atoms with Crippen molar-refractivity contribution in [1.29, 1.82) is 5.26 Å². The SMILES string of the molecule is Cc1c(/C=C/c2ccc3ccccc3n2)cc(C#N)n1C. The van der Waals surface area contributed by atoms with E-state index in [0.29, 0.717) is 5.69 Å². The van der Waals surface area contributed by atoms with Gasteiger partial charge in [-0.1, -0.05) is 30.3 Å². The normalized spacial score (nSPS) is 11.1. The van der Waals surface area contributed by atoms with Crippen molar-refractivity contribution in [3.8, 4) is 6.07 Å². The number of fused-ring (bicyclic) bond motifs is 1. The average molecular weight is 273 g/mol. The molecule has 2 heterocycles. The predicted molar refractivity (Wildman–Crippen MR) is 85.5 cm³/mol. The first-order valence-electron chi connectivity index (χ1n) is 6.79. The highest BCUT2D eigenvalue weighted by molar-refractivity contribution is 5.81. The molecule has 0 saturated heterocycles. The lowest BCUT2D eigenvalue weighted by Crippen LogP contribution is -1.93. The van der Waals surface area contributed by atoms with Gasteiger partial charge in [-0.25, -0.2) is 4.98 Å². The minimum atomic E-state index is 0.665. The molecule has 0 atom stereocenters. The highest BCUT2D eigenvalue weighted by Gasteiger charge is 2.05. The molecule has 3 aromatic rings. The van der Waals surface area contributed by atoms with Crippen LogP contribution in [0.1, 0.15) is 22.6 Å². The lowest BCUT2D eigenvalue weighted by Gasteiger charge is -1.99. The fourth-order valence-electron chi connectivity index (χ4n) is 2.35. The van der Waals surface area contributed by atoms with Crippen LogP contribution in [0.2, 0.25) is 0 Å². The Morgan fingerprint density at radius 1 is 1.14 bits per heavy atom. The van der Waals surface area contributed by atoms with Gasteiger partial charge in [-0.3, -0.25) is 0 Å². The fourth-order valence-corrected chi connectivity index (χ4v) is 2.35. The van der Waals surface area contributed by atoms with Crippen molar-refractivity contribution in [1.82, 2.24) is 9.55 Å². The van der Waals surface area contributed by atoms with Gasteiger partial charge >= 0.3 is 0 Å². The largest absolute Gasteiger partial charge is 0.339 e. The van der Waals surface area contributed by atoms with E-state index in [4.69, 9.17) is 5.26 Å². The summed E-state index contributed by atoms with van der Waals surface area (Å²) < 4.78 is 1.90. The Labute approximate surface area is 123 Å². The molecule has 0 spiro atoms. The molecule has 0 N–H and O–H groups in total. The van der Waals surface area contributed by atoms with Crippen molar-refractivity contribution in [2.45, 2.75) is 6.92 Å². The van der Waals surface area contributed by atoms with Crippen molar-refractivity contribution >= 4 is 23.1 Å². The first kappa shape index (κ1) is 13.1. The topological polar surface area (TPSA) is 41.6 Å². The summed E-state index contributed by atoms with van der Waals surface area (Å²) in [7, 11) is 1.90. The molecule has 3 nitrogen and oxygen atoms in total. The van der Waals surface area contributed by atoms with E-state index in [1.54, 1.807) is 0 Å². The van der Waals surface area contributed by atoms with Crippen LogP contribution >= 0.6 is 0 Å². The van der Waals surface area contributed by atoms with Crippen LogP contribution in [0.15, 0.2) is 42.5 Å². The van der Waals surface area contributed by atoms with E-state index in [0.717, 1.165) is 27.9 Å². The average Bonchev–Trinajstić information content (AvgIpc) is 2.80. The van der Waals surface area contributed by atoms with E-state index in [1.165, 1.54) is 0 Å². The molecule has 102 valence electrons. The summed E-state index contributed by atoms with van der Waals surface area (Å²) in [4.78, 5) is 4.61. The first-order valence-corrected chi connectivity index (χ1v) is 6.79. The predicted octanol–water partition coefficient (Wildman–Crippen LogP) is 3.92. The van der Waals surface area contributed by atoms with Gasteiger partial charge in [0.1, 0.15) is 11.8 Å². The number of nitriles is 1. The van der Waals surface area contributed by atoms with Crippen molar-refractivity contribution in [3.63, 3.8) is 0 Å². The Morgan fingerprint density at radius 2 is 1.95 bits per heavy atom. The number of hydrogen-bond acceptors (Lipinski definition) is 2. The van der Waals surface area contributed by atoms with E-state index in [9.17, 15) is 0 Å². The summed E-state index contributed by atoms with van der Waals surface area (Å²) in [5.74, 6) is 0. The molecule has 0 aliphatic rings. The monoisotopic (exact) mass is 273 g/mol. The van der Waals surface area contributed by atoms with Crippen LogP contribution in [0.4, 0.5) is 0 Å². The van der Waals surface area contributed by atoms with E-state index >= 15 is 0 Å². The molecule has 21 heavy (non-hydrogen) atoms. The molecule has 0 bridgehead atoms.